The molecule has 0 aliphatic carbocycles. The molecule has 0 unspecified atom stereocenters. The summed E-state index contributed by atoms with van der Waals surface area (Å²) in [6.07, 6.45) is 0.890. The zero-order chi connectivity index (χ0) is 14.9. The van der Waals surface area contributed by atoms with Crippen molar-refractivity contribution in [1.29, 1.82) is 0 Å². The number of aryl methyl sites for hydroxylation is 1. The lowest BCUT2D eigenvalue weighted by atomic mass is 10.2. The van der Waals surface area contributed by atoms with Gasteiger partial charge in [0.15, 0.2) is 0 Å². The van der Waals surface area contributed by atoms with Crippen LogP contribution in [-0.2, 0) is 10.0 Å². The van der Waals surface area contributed by atoms with Crippen molar-refractivity contribution >= 4 is 15.9 Å². The summed E-state index contributed by atoms with van der Waals surface area (Å²) in [4.78, 5) is 14.0. The van der Waals surface area contributed by atoms with Gasteiger partial charge in [-0.3, -0.25) is 4.79 Å². The molecule has 0 aromatic carbocycles. The number of likely N-dealkylation sites (N-methyl/N-ethyl adjacent to an activating group) is 1. The van der Waals surface area contributed by atoms with E-state index in [0.29, 0.717) is 5.76 Å². The molecule has 1 aromatic rings. The SMILES string of the molecule is CNS(=O)(=O)c1cc(C(=O)N(C)[C@@H]2CCNC2)c(C)o1. The van der Waals surface area contributed by atoms with Crippen molar-refractivity contribution in [2.45, 2.75) is 24.5 Å². The van der Waals surface area contributed by atoms with Gasteiger partial charge in [0.2, 0.25) is 5.09 Å². The van der Waals surface area contributed by atoms with Crippen molar-refractivity contribution in [1.82, 2.24) is 14.9 Å². The highest BCUT2D eigenvalue weighted by Gasteiger charge is 2.28. The van der Waals surface area contributed by atoms with Crippen LogP contribution in [0.4, 0.5) is 0 Å². The Morgan fingerprint density at radius 1 is 1.55 bits per heavy atom. The molecule has 0 saturated carbocycles. The van der Waals surface area contributed by atoms with Gasteiger partial charge >= 0.3 is 0 Å². The van der Waals surface area contributed by atoms with Gasteiger partial charge < -0.3 is 14.6 Å². The molecule has 2 rings (SSSR count). The molecule has 1 aromatic heterocycles. The number of furan rings is 1. The molecule has 0 bridgehead atoms. The average Bonchev–Trinajstić information content (AvgIpc) is 3.06. The van der Waals surface area contributed by atoms with Crippen LogP contribution in [0, 0.1) is 6.92 Å². The Hall–Kier alpha value is -1.38. The fourth-order valence-electron chi connectivity index (χ4n) is 2.23. The van der Waals surface area contributed by atoms with E-state index in [1.54, 1.807) is 18.9 Å². The minimum absolute atomic E-state index is 0.126. The molecule has 20 heavy (non-hydrogen) atoms. The second-order valence-electron chi connectivity index (χ2n) is 4.81. The summed E-state index contributed by atoms with van der Waals surface area (Å²) in [7, 11) is -0.660. The van der Waals surface area contributed by atoms with Crippen LogP contribution in [-0.4, -0.2) is 52.5 Å². The molecule has 1 aliphatic rings. The molecule has 0 spiro atoms. The van der Waals surface area contributed by atoms with Crippen LogP contribution < -0.4 is 10.0 Å². The first-order valence-corrected chi connectivity index (χ1v) is 7.87. The summed E-state index contributed by atoms with van der Waals surface area (Å²) in [5.41, 5.74) is 0.285. The molecule has 1 amide bonds. The quantitative estimate of drug-likeness (QED) is 0.812. The van der Waals surface area contributed by atoms with E-state index in [-0.39, 0.29) is 22.6 Å². The number of hydrogen-bond donors (Lipinski definition) is 2. The van der Waals surface area contributed by atoms with Crippen LogP contribution >= 0.6 is 0 Å². The second kappa shape index (κ2) is 5.55. The third-order valence-corrected chi connectivity index (χ3v) is 4.83. The number of hydrogen-bond acceptors (Lipinski definition) is 5. The van der Waals surface area contributed by atoms with Crippen LogP contribution in [0.5, 0.6) is 0 Å². The highest BCUT2D eigenvalue weighted by Crippen LogP contribution is 2.21. The van der Waals surface area contributed by atoms with Gasteiger partial charge in [0.25, 0.3) is 15.9 Å². The molecule has 8 heteroatoms. The van der Waals surface area contributed by atoms with Gasteiger partial charge in [-0.15, -0.1) is 0 Å². The van der Waals surface area contributed by atoms with Gasteiger partial charge in [-0.1, -0.05) is 0 Å². The van der Waals surface area contributed by atoms with Crippen LogP contribution in [0.1, 0.15) is 22.5 Å². The zero-order valence-corrected chi connectivity index (χ0v) is 12.6. The standard InChI is InChI=1S/C12H19N3O4S/c1-8-10(6-11(19-8)20(17,18)13-2)12(16)15(3)9-4-5-14-7-9/h6,9,13-14H,4-5,7H2,1-3H3/t9-/m1/s1. The number of carbonyl (C=O) groups is 1. The van der Waals surface area contributed by atoms with Crippen molar-refractivity contribution in [3.05, 3.63) is 17.4 Å². The van der Waals surface area contributed by atoms with Crippen molar-refractivity contribution in [3.8, 4) is 0 Å². The molecule has 1 aliphatic heterocycles. The van der Waals surface area contributed by atoms with Crippen molar-refractivity contribution in [3.63, 3.8) is 0 Å². The summed E-state index contributed by atoms with van der Waals surface area (Å²) in [5, 5.41) is 2.95. The fraction of sp³-hybridized carbons (Fsp3) is 0.583. The molecule has 112 valence electrons. The van der Waals surface area contributed by atoms with Gasteiger partial charge in [-0.05, 0) is 26.9 Å². The Labute approximate surface area is 118 Å². The molecule has 0 radical (unpaired) electrons. The average molecular weight is 301 g/mol. The summed E-state index contributed by atoms with van der Waals surface area (Å²) in [6.45, 7) is 3.22. The van der Waals surface area contributed by atoms with Gasteiger partial charge in [0, 0.05) is 25.7 Å². The molecule has 1 atom stereocenters. The van der Waals surface area contributed by atoms with Gasteiger partial charge in [-0.25, -0.2) is 13.1 Å². The maximum Gasteiger partial charge on any atom is 0.273 e. The van der Waals surface area contributed by atoms with E-state index in [0.717, 1.165) is 19.5 Å². The zero-order valence-electron chi connectivity index (χ0n) is 11.8. The fourth-order valence-corrected chi connectivity index (χ4v) is 2.93. The molecule has 2 N–H and O–H groups in total. The smallest absolute Gasteiger partial charge is 0.273 e. The van der Waals surface area contributed by atoms with Crippen LogP contribution in [0.15, 0.2) is 15.6 Å². The summed E-state index contributed by atoms with van der Waals surface area (Å²) < 4.78 is 30.7. The first-order chi connectivity index (χ1) is 9.36. The number of rotatable bonds is 4. The van der Waals surface area contributed by atoms with Gasteiger partial charge in [-0.2, -0.15) is 0 Å². The number of carbonyl (C=O) groups excluding carboxylic acids is 1. The highest BCUT2D eigenvalue weighted by molar-refractivity contribution is 7.89. The lowest BCUT2D eigenvalue weighted by Crippen LogP contribution is -2.38. The molecule has 1 saturated heterocycles. The van der Waals surface area contributed by atoms with E-state index in [1.165, 1.54) is 13.1 Å². The van der Waals surface area contributed by atoms with E-state index in [1.807, 2.05) is 0 Å². The minimum Gasteiger partial charge on any atom is -0.448 e. The lowest BCUT2D eigenvalue weighted by molar-refractivity contribution is 0.0742. The predicted molar refractivity (Wildman–Crippen MR) is 73.1 cm³/mol. The first kappa shape index (κ1) is 15.0. The van der Waals surface area contributed by atoms with E-state index in [2.05, 4.69) is 10.0 Å². The molecule has 7 nitrogen and oxygen atoms in total. The topological polar surface area (TPSA) is 91.7 Å². The molecule has 2 heterocycles. The number of nitrogens with zero attached hydrogens (tertiary/aromatic N) is 1. The third kappa shape index (κ3) is 2.72. The Morgan fingerprint density at radius 2 is 2.25 bits per heavy atom. The van der Waals surface area contributed by atoms with Gasteiger partial charge in [0.05, 0.1) is 5.56 Å². The van der Waals surface area contributed by atoms with Crippen molar-refractivity contribution in [2.75, 3.05) is 27.2 Å². The van der Waals surface area contributed by atoms with E-state index in [9.17, 15) is 13.2 Å². The molecule has 1 fully saturated rings. The Morgan fingerprint density at radius 3 is 2.80 bits per heavy atom. The highest BCUT2D eigenvalue weighted by atomic mass is 32.2. The van der Waals surface area contributed by atoms with Gasteiger partial charge in [0.1, 0.15) is 5.76 Å². The van der Waals surface area contributed by atoms with Crippen molar-refractivity contribution < 1.29 is 17.6 Å². The van der Waals surface area contributed by atoms with Crippen LogP contribution in [0.2, 0.25) is 0 Å². The van der Waals surface area contributed by atoms with E-state index in [4.69, 9.17) is 4.42 Å². The number of nitrogens with one attached hydrogen (secondary N) is 2. The van der Waals surface area contributed by atoms with Crippen LogP contribution in [0.3, 0.4) is 0 Å². The number of amides is 1. The lowest BCUT2D eigenvalue weighted by Gasteiger charge is -2.23. The van der Waals surface area contributed by atoms with E-state index >= 15 is 0 Å². The third-order valence-electron chi connectivity index (χ3n) is 3.56. The first-order valence-electron chi connectivity index (χ1n) is 6.38. The number of sulfonamides is 1. The molecular formula is C12H19N3O4S. The Bertz CT molecular complexity index is 602. The predicted octanol–water partition coefficient (Wildman–Crippen LogP) is -0.0700. The maximum absolute atomic E-state index is 12.4. The van der Waals surface area contributed by atoms with E-state index < -0.39 is 10.0 Å². The second-order valence-corrected chi connectivity index (χ2v) is 6.62. The van der Waals surface area contributed by atoms with Crippen LogP contribution in [0.25, 0.3) is 0 Å². The summed E-state index contributed by atoms with van der Waals surface area (Å²) in [5.74, 6) is 0.0825. The Balaban J connectivity index is 2.26. The van der Waals surface area contributed by atoms with Crippen molar-refractivity contribution in [2.24, 2.45) is 0 Å². The Kier molecular flexibility index (Phi) is 4.17. The minimum atomic E-state index is -3.68. The maximum atomic E-state index is 12.4. The summed E-state index contributed by atoms with van der Waals surface area (Å²) >= 11 is 0. The summed E-state index contributed by atoms with van der Waals surface area (Å²) in [6, 6.07) is 1.41. The monoisotopic (exact) mass is 301 g/mol. The normalized spacial score (nSPS) is 19.2. The molecular weight excluding hydrogens is 282 g/mol. The largest absolute Gasteiger partial charge is 0.448 e.